The fourth-order valence-electron chi connectivity index (χ4n) is 3.14. The third-order valence-electron chi connectivity index (χ3n) is 4.79. The largest absolute Gasteiger partial charge is 0.354 e. The van der Waals surface area contributed by atoms with Gasteiger partial charge in [0, 0.05) is 25.8 Å². The Bertz CT molecular complexity index is 734. The lowest BCUT2D eigenvalue weighted by molar-refractivity contribution is 0.500. The van der Waals surface area contributed by atoms with E-state index in [0.29, 0.717) is 11.5 Å². The number of aromatic nitrogens is 4. The lowest BCUT2D eigenvalue weighted by Crippen LogP contribution is -2.34. The molecule has 1 saturated heterocycles. The third-order valence-corrected chi connectivity index (χ3v) is 4.79. The first-order chi connectivity index (χ1) is 11.1. The molecule has 3 heterocycles. The zero-order valence-corrected chi connectivity index (χ0v) is 14.0. The van der Waals surface area contributed by atoms with Gasteiger partial charge in [-0.2, -0.15) is 15.5 Å². The summed E-state index contributed by atoms with van der Waals surface area (Å²) in [6, 6.07) is 2.30. The van der Waals surface area contributed by atoms with Crippen molar-refractivity contribution in [3.8, 4) is 6.07 Å². The van der Waals surface area contributed by atoms with Crippen molar-refractivity contribution in [1.82, 2.24) is 20.0 Å². The van der Waals surface area contributed by atoms with Crippen molar-refractivity contribution < 1.29 is 0 Å². The fraction of sp³-hybridized carbons (Fsp3) is 0.529. The molecular weight excluding hydrogens is 288 g/mol. The van der Waals surface area contributed by atoms with Crippen LogP contribution in [0.4, 0.5) is 5.82 Å². The summed E-state index contributed by atoms with van der Waals surface area (Å²) in [6.07, 6.45) is 6.24. The molecule has 3 rings (SSSR count). The first-order valence-corrected chi connectivity index (χ1v) is 8.15. The van der Waals surface area contributed by atoms with Crippen LogP contribution < -0.4 is 4.90 Å². The molecule has 0 unspecified atom stereocenters. The van der Waals surface area contributed by atoms with E-state index in [-0.39, 0.29) is 0 Å². The van der Waals surface area contributed by atoms with Gasteiger partial charge in [-0.1, -0.05) is 0 Å². The summed E-state index contributed by atoms with van der Waals surface area (Å²) in [7, 11) is 0. The molecule has 2 aromatic rings. The summed E-state index contributed by atoms with van der Waals surface area (Å²) >= 11 is 0. The molecule has 0 amide bonds. The van der Waals surface area contributed by atoms with Crippen molar-refractivity contribution in [3.63, 3.8) is 0 Å². The van der Waals surface area contributed by atoms with E-state index in [1.807, 2.05) is 24.7 Å². The molecule has 0 aromatic carbocycles. The standard InChI is InChI=1S/C17H22N6/c1-4-23-11-15(10-19-23)14-5-7-22(8-6-14)17-16(9-18)12(2)13(3)20-21-17/h10-11,14H,4-8H2,1-3H3. The van der Waals surface area contributed by atoms with E-state index in [4.69, 9.17) is 0 Å². The van der Waals surface area contributed by atoms with Gasteiger partial charge in [-0.3, -0.25) is 4.68 Å². The summed E-state index contributed by atoms with van der Waals surface area (Å²) in [4.78, 5) is 2.19. The molecular formula is C17H22N6. The van der Waals surface area contributed by atoms with Gasteiger partial charge in [-0.05, 0) is 50.7 Å². The number of rotatable bonds is 3. The number of nitrogens with zero attached hydrogens (tertiary/aromatic N) is 6. The SMILES string of the molecule is CCn1cc(C2CCN(c3nnc(C)c(C)c3C#N)CC2)cn1. The molecule has 6 nitrogen and oxygen atoms in total. The molecule has 1 aliphatic rings. The van der Waals surface area contributed by atoms with E-state index in [0.717, 1.165) is 49.6 Å². The molecule has 1 aliphatic heterocycles. The maximum absolute atomic E-state index is 9.46. The van der Waals surface area contributed by atoms with Crippen LogP contribution in [0.5, 0.6) is 0 Å². The van der Waals surface area contributed by atoms with Crippen LogP contribution in [0.3, 0.4) is 0 Å². The number of piperidine rings is 1. The van der Waals surface area contributed by atoms with Gasteiger partial charge in [0.15, 0.2) is 5.82 Å². The molecule has 0 bridgehead atoms. The van der Waals surface area contributed by atoms with Gasteiger partial charge in [0.25, 0.3) is 0 Å². The summed E-state index contributed by atoms with van der Waals surface area (Å²) in [5, 5.41) is 22.3. The van der Waals surface area contributed by atoms with Crippen molar-refractivity contribution in [3.05, 3.63) is 34.8 Å². The Morgan fingerprint density at radius 2 is 2.00 bits per heavy atom. The number of anilines is 1. The highest BCUT2D eigenvalue weighted by atomic mass is 15.3. The normalized spacial score (nSPS) is 15.7. The van der Waals surface area contributed by atoms with Gasteiger partial charge in [-0.15, -0.1) is 5.10 Å². The number of aryl methyl sites for hydroxylation is 2. The smallest absolute Gasteiger partial charge is 0.169 e. The summed E-state index contributed by atoms with van der Waals surface area (Å²) in [5.74, 6) is 1.27. The predicted molar refractivity (Wildman–Crippen MR) is 88.3 cm³/mol. The molecule has 1 fully saturated rings. The van der Waals surface area contributed by atoms with Crippen molar-refractivity contribution >= 4 is 5.82 Å². The zero-order chi connectivity index (χ0) is 16.4. The number of hydrogen-bond donors (Lipinski definition) is 0. The van der Waals surface area contributed by atoms with Crippen LogP contribution in [0.25, 0.3) is 0 Å². The van der Waals surface area contributed by atoms with Crippen molar-refractivity contribution in [1.29, 1.82) is 5.26 Å². The van der Waals surface area contributed by atoms with Gasteiger partial charge < -0.3 is 4.90 Å². The van der Waals surface area contributed by atoms with E-state index < -0.39 is 0 Å². The minimum Gasteiger partial charge on any atom is -0.354 e. The Labute approximate surface area is 136 Å². The minimum absolute atomic E-state index is 0.539. The molecule has 23 heavy (non-hydrogen) atoms. The Kier molecular flexibility index (Phi) is 4.28. The van der Waals surface area contributed by atoms with Crippen molar-refractivity contribution in [2.75, 3.05) is 18.0 Å². The number of nitriles is 1. The highest BCUT2D eigenvalue weighted by Crippen LogP contribution is 2.31. The highest BCUT2D eigenvalue weighted by molar-refractivity contribution is 5.57. The Morgan fingerprint density at radius 1 is 1.26 bits per heavy atom. The quantitative estimate of drug-likeness (QED) is 0.871. The first-order valence-electron chi connectivity index (χ1n) is 8.15. The fourth-order valence-corrected chi connectivity index (χ4v) is 3.14. The van der Waals surface area contributed by atoms with Crippen LogP contribution in [0, 0.1) is 25.2 Å². The first kappa shape index (κ1) is 15.5. The maximum atomic E-state index is 9.46. The van der Waals surface area contributed by atoms with Crippen molar-refractivity contribution in [2.45, 2.75) is 46.1 Å². The van der Waals surface area contributed by atoms with E-state index in [1.54, 1.807) is 0 Å². The maximum Gasteiger partial charge on any atom is 0.169 e. The second-order valence-electron chi connectivity index (χ2n) is 6.11. The van der Waals surface area contributed by atoms with Gasteiger partial charge in [0.1, 0.15) is 11.6 Å². The Morgan fingerprint density at radius 3 is 2.61 bits per heavy atom. The van der Waals surface area contributed by atoms with Crippen LogP contribution in [-0.2, 0) is 6.54 Å². The molecule has 0 N–H and O–H groups in total. The highest BCUT2D eigenvalue weighted by Gasteiger charge is 2.25. The van der Waals surface area contributed by atoms with Crippen LogP contribution in [0.2, 0.25) is 0 Å². The molecule has 0 atom stereocenters. The van der Waals surface area contributed by atoms with E-state index in [2.05, 4.69) is 39.4 Å². The topological polar surface area (TPSA) is 70.6 Å². The molecule has 2 aromatic heterocycles. The van der Waals surface area contributed by atoms with Crippen molar-refractivity contribution in [2.24, 2.45) is 0 Å². The van der Waals surface area contributed by atoms with Crippen LogP contribution in [0.1, 0.15) is 48.1 Å². The summed E-state index contributed by atoms with van der Waals surface area (Å²) in [6.45, 7) is 8.63. The molecule has 120 valence electrons. The molecule has 0 saturated carbocycles. The van der Waals surface area contributed by atoms with Gasteiger partial charge in [-0.25, -0.2) is 0 Å². The van der Waals surface area contributed by atoms with Gasteiger partial charge >= 0.3 is 0 Å². The Balaban J connectivity index is 1.74. The lowest BCUT2D eigenvalue weighted by atomic mass is 9.91. The average Bonchev–Trinajstić information content (AvgIpc) is 3.06. The van der Waals surface area contributed by atoms with Crippen LogP contribution >= 0.6 is 0 Å². The molecule has 0 aliphatic carbocycles. The van der Waals surface area contributed by atoms with E-state index in [1.165, 1.54) is 5.56 Å². The van der Waals surface area contributed by atoms with E-state index in [9.17, 15) is 5.26 Å². The predicted octanol–water partition coefficient (Wildman–Crippen LogP) is 2.57. The average molecular weight is 310 g/mol. The molecule has 0 radical (unpaired) electrons. The monoisotopic (exact) mass is 310 g/mol. The van der Waals surface area contributed by atoms with Crippen LogP contribution in [-0.4, -0.2) is 33.1 Å². The molecule has 0 spiro atoms. The summed E-state index contributed by atoms with van der Waals surface area (Å²) < 4.78 is 1.98. The number of hydrogen-bond acceptors (Lipinski definition) is 5. The van der Waals surface area contributed by atoms with E-state index >= 15 is 0 Å². The van der Waals surface area contributed by atoms with Crippen LogP contribution in [0.15, 0.2) is 12.4 Å². The zero-order valence-electron chi connectivity index (χ0n) is 14.0. The molecule has 6 heteroatoms. The van der Waals surface area contributed by atoms with Gasteiger partial charge in [0.05, 0.1) is 11.9 Å². The second kappa shape index (κ2) is 6.37. The third kappa shape index (κ3) is 2.91. The summed E-state index contributed by atoms with van der Waals surface area (Å²) in [5.41, 5.74) is 3.74. The Hall–Kier alpha value is -2.42. The lowest BCUT2D eigenvalue weighted by Gasteiger charge is -2.32. The minimum atomic E-state index is 0.539. The van der Waals surface area contributed by atoms with Gasteiger partial charge in [0.2, 0.25) is 0 Å². The second-order valence-corrected chi connectivity index (χ2v) is 6.11.